The first-order chi connectivity index (χ1) is 18.3. The number of hydrogen-bond acceptors (Lipinski definition) is 5. The van der Waals surface area contributed by atoms with E-state index in [4.69, 9.17) is 4.98 Å². The number of nitrogens with one attached hydrogen (secondary N) is 1. The first-order valence-electron chi connectivity index (χ1n) is 12.4. The van der Waals surface area contributed by atoms with Crippen LogP contribution < -0.4 is 5.32 Å². The van der Waals surface area contributed by atoms with Crippen molar-refractivity contribution in [3.63, 3.8) is 0 Å². The number of rotatable bonds is 8. The smallest absolute Gasteiger partial charge is 0.228 e. The molecule has 1 amide bonds. The highest BCUT2D eigenvalue weighted by molar-refractivity contribution is 7.91. The van der Waals surface area contributed by atoms with Crippen molar-refractivity contribution in [2.45, 2.75) is 31.7 Å². The molecule has 5 rings (SSSR count). The number of benzene rings is 3. The fraction of sp³-hybridized carbons (Fsp3) is 0.167. The first kappa shape index (κ1) is 25.4. The maximum atomic E-state index is 12.6. The van der Waals surface area contributed by atoms with Crippen LogP contribution in [-0.2, 0) is 27.6 Å². The summed E-state index contributed by atoms with van der Waals surface area (Å²) in [5.41, 5.74) is 6.65. The largest absolute Gasteiger partial charge is 0.326 e. The van der Waals surface area contributed by atoms with Crippen LogP contribution in [0.5, 0.6) is 0 Å². The van der Waals surface area contributed by atoms with Crippen LogP contribution in [0.2, 0.25) is 0 Å². The molecule has 1 N–H and O–H groups in total. The number of imidazole rings is 1. The van der Waals surface area contributed by atoms with Gasteiger partial charge in [0.1, 0.15) is 5.82 Å². The Morgan fingerprint density at radius 2 is 1.61 bits per heavy atom. The highest BCUT2D eigenvalue weighted by atomic mass is 32.2. The Morgan fingerprint density at radius 3 is 2.29 bits per heavy atom. The van der Waals surface area contributed by atoms with E-state index in [0.29, 0.717) is 12.2 Å². The fourth-order valence-electron chi connectivity index (χ4n) is 4.36. The molecule has 2 aromatic heterocycles. The molecular formula is C30H28N4O3S. The molecule has 0 saturated heterocycles. The van der Waals surface area contributed by atoms with Crippen molar-refractivity contribution in [1.29, 1.82) is 0 Å². The van der Waals surface area contributed by atoms with Gasteiger partial charge in [0.2, 0.25) is 5.91 Å². The number of sulfone groups is 1. The maximum Gasteiger partial charge on any atom is 0.228 e. The molecule has 38 heavy (non-hydrogen) atoms. The Kier molecular flexibility index (Phi) is 7.07. The molecule has 0 aliphatic carbocycles. The molecule has 192 valence electrons. The summed E-state index contributed by atoms with van der Waals surface area (Å²) in [6, 6.07) is 24.4. The van der Waals surface area contributed by atoms with Gasteiger partial charge in [-0.1, -0.05) is 25.1 Å². The summed E-state index contributed by atoms with van der Waals surface area (Å²) < 4.78 is 26.2. The highest BCUT2D eigenvalue weighted by Crippen LogP contribution is 2.28. The molecule has 0 aliphatic rings. The van der Waals surface area contributed by atoms with Gasteiger partial charge in [0.25, 0.3) is 0 Å². The number of pyridine rings is 1. The van der Waals surface area contributed by atoms with Crippen LogP contribution in [0.4, 0.5) is 5.69 Å². The Bertz CT molecular complexity index is 1690. The molecule has 0 unspecified atom stereocenters. The predicted octanol–water partition coefficient (Wildman–Crippen LogP) is 5.43. The van der Waals surface area contributed by atoms with Crippen LogP contribution in [0.1, 0.15) is 23.6 Å². The summed E-state index contributed by atoms with van der Waals surface area (Å²) in [5.74, 6) is 0.717. The first-order valence-corrected chi connectivity index (χ1v) is 14.1. The van der Waals surface area contributed by atoms with Crippen LogP contribution in [0.25, 0.3) is 22.4 Å². The number of anilines is 1. The van der Waals surface area contributed by atoms with Crippen molar-refractivity contribution < 1.29 is 13.2 Å². The number of fused-ring (bicyclic) bond motifs is 1. The van der Waals surface area contributed by atoms with Crippen LogP contribution in [0.15, 0.2) is 96.2 Å². The predicted molar refractivity (Wildman–Crippen MR) is 150 cm³/mol. The Morgan fingerprint density at radius 1 is 0.895 bits per heavy atom. The van der Waals surface area contributed by atoms with E-state index in [1.807, 2.05) is 42.5 Å². The van der Waals surface area contributed by atoms with Crippen LogP contribution in [0, 0.1) is 6.92 Å². The summed E-state index contributed by atoms with van der Waals surface area (Å²) in [4.78, 5) is 21.9. The van der Waals surface area contributed by atoms with Crippen molar-refractivity contribution in [1.82, 2.24) is 14.5 Å². The van der Waals surface area contributed by atoms with Gasteiger partial charge in [0.15, 0.2) is 9.84 Å². The van der Waals surface area contributed by atoms with E-state index in [0.717, 1.165) is 33.5 Å². The van der Waals surface area contributed by atoms with Gasteiger partial charge in [-0.15, -0.1) is 0 Å². The van der Waals surface area contributed by atoms with Crippen LogP contribution >= 0.6 is 0 Å². The van der Waals surface area contributed by atoms with E-state index in [9.17, 15) is 13.2 Å². The standard InChI is InChI=1S/C30H28N4O3S/c1-3-38(36,37)26-11-5-22(6-12-26)19-29(35)32-25-9-7-24(8-10-25)30-33-27-13-4-21(2)18-28(27)34(30)20-23-14-16-31-17-15-23/h4-18H,3,19-20H2,1-2H3,(H,32,35). The average Bonchev–Trinajstić information content (AvgIpc) is 3.27. The van der Waals surface area contributed by atoms with Gasteiger partial charge in [0, 0.05) is 30.2 Å². The quantitative estimate of drug-likeness (QED) is 0.292. The van der Waals surface area contributed by atoms with E-state index in [1.54, 1.807) is 43.6 Å². The third-order valence-electron chi connectivity index (χ3n) is 6.45. The number of aromatic nitrogens is 3. The topological polar surface area (TPSA) is 94.0 Å². The lowest BCUT2D eigenvalue weighted by Gasteiger charge is -2.11. The molecule has 8 heteroatoms. The van der Waals surface area contributed by atoms with Crippen molar-refractivity contribution in [3.8, 4) is 11.4 Å². The molecular weight excluding hydrogens is 496 g/mol. The van der Waals surface area contributed by atoms with E-state index < -0.39 is 9.84 Å². The molecule has 2 heterocycles. The number of hydrogen-bond donors (Lipinski definition) is 1. The molecule has 0 atom stereocenters. The third-order valence-corrected chi connectivity index (χ3v) is 8.20. The lowest BCUT2D eigenvalue weighted by atomic mass is 10.1. The SMILES string of the molecule is CCS(=O)(=O)c1ccc(CC(=O)Nc2ccc(-c3nc4ccc(C)cc4n3Cc3ccncc3)cc2)cc1. The summed E-state index contributed by atoms with van der Waals surface area (Å²) >= 11 is 0. The molecule has 0 spiro atoms. The van der Waals surface area contributed by atoms with Crippen molar-refractivity contribution in [2.75, 3.05) is 11.1 Å². The summed E-state index contributed by atoms with van der Waals surface area (Å²) in [6.07, 6.45) is 3.73. The van der Waals surface area contributed by atoms with E-state index >= 15 is 0 Å². The lowest BCUT2D eigenvalue weighted by Crippen LogP contribution is -2.14. The molecule has 0 fully saturated rings. The van der Waals surface area contributed by atoms with Crippen molar-refractivity contribution in [3.05, 3.63) is 108 Å². The van der Waals surface area contributed by atoms with E-state index in [2.05, 4.69) is 33.9 Å². The van der Waals surface area contributed by atoms with Crippen molar-refractivity contribution in [2.24, 2.45) is 0 Å². The Hall–Kier alpha value is -4.30. The minimum Gasteiger partial charge on any atom is -0.326 e. The van der Waals surface area contributed by atoms with Gasteiger partial charge < -0.3 is 9.88 Å². The second-order valence-electron chi connectivity index (χ2n) is 9.22. The highest BCUT2D eigenvalue weighted by Gasteiger charge is 2.15. The number of nitrogens with zero attached hydrogens (tertiary/aromatic N) is 3. The number of carbonyl (C=O) groups is 1. The van der Waals surface area contributed by atoms with Crippen LogP contribution in [0.3, 0.4) is 0 Å². The zero-order valence-corrected chi connectivity index (χ0v) is 22.1. The molecule has 0 saturated carbocycles. The molecule has 0 aliphatic heterocycles. The average molecular weight is 525 g/mol. The second kappa shape index (κ2) is 10.6. The van der Waals surface area contributed by atoms with E-state index in [1.165, 1.54) is 5.56 Å². The third kappa shape index (κ3) is 5.50. The molecule has 7 nitrogen and oxygen atoms in total. The van der Waals surface area contributed by atoms with E-state index in [-0.39, 0.29) is 23.0 Å². The number of carbonyl (C=O) groups excluding carboxylic acids is 1. The monoisotopic (exact) mass is 524 g/mol. The van der Waals surface area contributed by atoms with Gasteiger partial charge >= 0.3 is 0 Å². The maximum absolute atomic E-state index is 12.6. The van der Waals surface area contributed by atoms with Gasteiger partial charge in [-0.25, -0.2) is 13.4 Å². The minimum atomic E-state index is -3.26. The van der Waals surface area contributed by atoms with Gasteiger partial charge in [-0.2, -0.15) is 0 Å². The minimum absolute atomic E-state index is 0.0441. The summed E-state index contributed by atoms with van der Waals surface area (Å²) in [6.45, 7) is 4.34. The zero-order chi connectivity index (χ0) is 26.7. The summed E-state index contributed by atoms with van der Waals surface area (Å²) in [5, 5.41) is 2.92. The lowest BCUT2D eigenvalue weighted by molar-refractivity contribution is -0.115. The Labute approximate surface area is 222 Å². The molecule has 3 aromatic carbocycles. The Balaban J connectivity index is 1.34. The summed E-state index contributed by atoms with van der Waals surface area (Å²) in [7, 11) is -3.26. The van der Waals surface area contributed by atoms with Gasteiger partial charge in [-0.05, 0) is 84.3 Å². The normalized spacial score (nSPS) is 11.5. The molecule has 0 bridgehead atoms. The van der Waals surface area contributed by atoms with Crippen molar-refractivity contribution >= 4 is 32.5 Å². The number of aryl methyl sites for hydroxylation is 1. The zero-order valence-electron chi connectivity index (χ0n) is 21.3. The van der Waals surface area contributed by atoms with Crippen LogP contribution in [-0.4, -0.2) is 34.6 Å². The second-order valence-corrected chi connectivity index (χ2v) is 11.5. The molecule has 0 radical (unpaired) electrons. The fourth-order valence-corrected chi connectivity index (χ4v) is 5.24. The molecule has 5 aromatic rings. The number of amides is 1. The van der Waals surface area contributed by atoms with Gasteiger partial charge in [-0.3, -0.25) is 9.78 Å². The van der Waals surface area contributed by atoms with Gasteiger partial charge in [0.05, 0.1) is 28.1 Å².